The molecule has 0 atom stereocenters. The van der Waals surface area contributed by atoms with Crippen LogP contribution in [0.4, 0.5) is 0 Å². The maximum Gasteiger partial charge on any atom is 0.131 e. The Bertz CT molecular complexity index is 552. The lowest BCUT2D eigenvalue weighted by atomic mass is 9.85. The van der Waals surface area contributed by atoms with E-state index < -0.39 is 0 Å². The van der Waals surface area contributed by atoms with Crippen LogP contribution < -0.4 is 0 Å². The van der Waals surface area contributed by atoms with Crippen LogP contribution in [0, 0.1) is 0 Å². The average Bonchev–Trinajstić information content (AvgIpc) is 2.86. The Labute approximate surface area is 118 Å². The first kappa shape index (κ1) is 12.0. The fourth-order valence-corrected chi connectivity index (χ4v) is 2.92. The van der Waals surface area contributed by atoms with E-state index in [0.717, 1.165) is 25.5 Å². The van der Waals surface area contributed by atoms with E-state index in [2.05, 4.69) is 20.0 Å². The summed E-state index contributed by atoms with van der Waals surface area (Å²) in [4.78, 5) is 11.5. The van der Waals surface area contributed by atoms with Crippen molar-refractivity contribution >= 4 is 0 Å². The van der Waals surface area contributed by atoms with E-state index >= 15 is 0 Å². The number of nitrogens with zero attached hydrogens (tertiary/aromatic N) is 5. The molecule has 1 aliphatic carbocycles. The van der Waals surface area contributed by atoms with Gasteiger partial charge in [0.1, 0.15) is 5.82 Å². The predicted octanol–water partition coefficient (Wildman–Crippen LogP) is 2.00. The number of hydrogen-bond donors (Lipinski definition) is 0. The molecule has 5 heteroatoms. The molecule has 2 fully saturated rings. The molecule has 2 aromatic rings. The van der Waals surface area contributed by atoms with Crippen molar-refractivity contribution in [2.45, 2.75) is 37.8 Å². The molecule has 2 aliphatic rings. The molecule has 20 heavy (non-hydrogen) atoms. The molecule has 1 aliphatic heterocycles. The van der Waals surface area contributed by atoms with Gasteiger partial charge >= 0.3 is 0 Å². The van der Waals surface area contributed by atoms with Gasteiger partial charge in [-0.2, -0.15) is 5.10 Å². The minimum absolute atomic E-state index is 0.528. The fourth-order valence-electron chi connectivity index (χ4n) is 2.92. The van der Waals surface area contributed by atoms with Crippen molar-refractivity contribution in [3.63, 3.8) is 0 Å². The largest absolute Gasteiger partial charge is 0.295 e. The first-order chi connectivity index (χ1) is 9.88. The van der Waals surface area contributed by atoms with Gasteiger partial charge in [0, 0.05) is 55.9 Å². The second-order valence-electron chi connectivity index (χ2n) is 5.91. The molecule has 2 aromatic heterocycles. The molecule has 1 saturated carbocycles. The van der Waals surface area contributed by atoms with Crippen molar-refractivity contribution in [1.29, 1.82) is 0 Å². The van der Waals surface area contributed by atoms with E-state index in [1.54, 1.807) is 0 Å². The van der Waals surface area contributed by atoms with E-state index in [0.29, 0.717) is 12.0 Å². The highest BCUT2D eigenvalue weighted by Gasteiger charge is 2.28. The Morgan fingerprint density at radius 1 is 1.15 bits per heavy atom. The second-order valence-corrected chi connectivity index (χ2v) is 5.91. The Morgan fingerprint density at radius 3 is 2.55 bits per heavy atom. The van der Waals surface area contributed by atoms with Crippen molar-refractivity contribution in [3.8, 4) is 0 Å². The summed E-state index contributed by atoms with van der Waals surface area (Å²) in [5, 5.41) is 4.29. The smallest absolute Gasteiger partial charge is 0.131 e. The molecule has 0 spiro atoms. The first-order valence-corrected chi connectivity index (χ1v) is 7.41. The standard InChI is InChI=1S/C15H19N5/c1-3-13(4-1)15-16-7-12(8-17-15)9-19-10-14(11-19)20-6-2-5-18-20/h2,5-8,13-14H,1,3-4,9-11H2. The van der Waals surface area contributed by atoms with Crippen LogP contribution in [-0.4, -0.2) is 37.7 Å². The maximum atomic E-state index is 4.53. The maximum absolute atomic E-state index is 4.53. The molecule has 5 nitrogen and oxygen atoms in total. The van der Waals surface area contributed by atoms with E-state index in [4.69, 9.17) is 0 Å². The van der Waals surface area contributed by atoms with E-state index in [1.807, 2.05) is 35.5 Å². The highest BCUT2D eigenvalue weighted by molar-refractivity contribution is 5.09. The highest BCUT2D eigenvalue weighted by Crippen LogP contribution is 2.34. The summed E-state index contributed by atoms with van der Waals surface area (Å²) >= 11 is 0. The lowest BCUT2D eigenvalue weighted by molar-refractivity contribution is 0.0906. The summed E-state index contributed by atoms with van der Waals surface area (Å²) in [6, 6.07) is 2.51. The van der Waals surface area contributed by atoms with Crippen LogP contribution in [0.15, 0.2) is 30.9 Å². The summed E-state index contributed by atoms with van der Waals surface area (Å²) < 4.78 is 2.05. The first-order valence-electron chi connectivity index (χ1n) is 7.41. The monoisotopic (exact) mass is 269 g/mol. The van der Waals surface area contributed by atoms with Crippen LogP contribution in [-0.2, 0) is 6.54 Å². The van der Waals surface area contributed by atoms with Crippen molar-refractivity contribution in [2.75, 3.05) is 13.1 Å². The van der Waals surface area contributed by atoms with Gasteiger partial charge in [-0.3, -0.25) is 9.58 Å². The van der Waals surface area contributed by atoms with Gasteiger partial charge < -0.3 is 0 Å². The lowest BCUT2D eigenvalue weighted by Crippen LogP contribution is -2.47. The molecule has 0 N–H and O–H groups in total. The molecule has 0 bridgehead atoms. The predicted molar refractivity (Wildman–Crippen MR) is 75.2 cm³/mol. The normalized spacial score (nSPS) is 20.6. The van der Waals surface area contributed by atoms with E-state index in [-0.39, 0.29) is 0 Å². The molecule has 0 radical (unpaired) electrons. The van der Waals surface area contributed by atoms with Crippen LogP contribution >= 0.6 is 0 Å². The van der Waals surface area contributed by atoms with E-state index in [9.17, 15) is 0 Å². The zero-order valence-corrected chi connectivity index (χ0v) is 11.5. The quantitative estimate of drug-likeness (QED) is 0.851. The number of aromatic nitrogens is 4. The van der Waals surface area contributed by atoms with Crippen LogP contribution in [0.5, 0.6) is 0 Å². The third-order valence-electron chi connectivity index (χ3n) is 4.44. The minimum Gasteiger partial charge on any atom is -0.295 e. The van der Waals surface area contributed by atoms with Crippen molar-refractivity contribution in [2.24, 2.45) is 0 Å². The molecule has 3 heterocycles. The Hall–Kier alpha value is -1.75. The third kappa shape index (κ3) is 2.22. The van der Waals surface area contributed by atoms with Gasteiger partial charge in [-0.05, 0) is 18.9 Å². The molecular weight excluding hydrogens is 250 g/mol. The highest BCUT2D eigenvalue weighted by atomic mass is 15.4. The van der Waals surface area contributed by atoms with Gasteiger partial charge in [-0.1, -0.05) is 6.42 Å². The van der Waals surface area contributed by atoms with Gasteiger partial charge in [0.05, 0.1) is 6.04 Å². The van der Waals surface area contributed by atoms with Crippen LogP contribution in [0.25, 0.3) is 0 Å². The summed E-state index contributed by atoms with van der Waals surface area (Å²) in [6.07, 6.45) is 11.7. The Morgan fingerprint density at radius 2 is 1.95 bits per heavy atom. The average molecular weight is 269 g/mol. The number of likely N-dealkylation sites (tertiary alicyclic amines) is 1. The second kappa shape index (κ2) is 4.98. The zero-order valence-electron chi connectivity index (χ0n) is 11.5. The Balaban J connectivity index is 1.32. The van der Waals surface area contributed by atoms with Crippen molar-refractivity contribution < 1.29 is 0 Å². The molecule has 0 amide bonds. The topological polar surface area (TPSA) is 46.8 Å². The molecular formula is C15H19N5. The number of hydrogen-bond acceptors (Lipinski definition) is 4. The summed E-state index contributed by atoms with van der Waals surface area (Å²) in [5.41, 5.74) is 1.21. The van der Waals surface area contributed by atoms with Crippen LogP contribution in [0.1, 0.15) is 42.6 Å². The molecule has 0 unspecified atom stereocenters. The van der Waals surface area contributed by atoms with Gasteiger partial charge in [0.2, 0.25) is 0 Å². The fraction of sp³-hybridized carbons (Fsp3) is 0.533. The van der Waals surface area contributed by atoms with Gasteiger partial charge in [-0.25, -0.2) is 9.97 Å². The Kier molecular flexibility index (Phi) is 2.99. The molecule has 4 rings (SSSR count). The van der Waals surface area contributed by atoms with Crippen molar-refractivity contribution in [3.05, 3.63) is 42.2 Å². The third-order valence-corrected chi connectivity index (χ3v) is 4.44. The van der Waals surface area contributed by atoms with E-state index in [1.165, 1.54) is 24.8 Å². The summed E-state index contributed by atoms with van der Waals surface area (Å²) in [5.74, 6) is 1.66. The molecule has 0 aromatic carbocycles. The number of rotatable bonds is 4. The van der Waals surface area contributed by atoms with Gasteiger partial charge in [-0.15, -0.1) is 0 Å². The molecule has 1 saturated heterocycles. The van der Waals surface area contributed by atoms with Gasteiger partial charge in [0.15, 0.2) is 0 Å². The van der Waals surface area contributed by atoms with Gasteiger partial charge in [0.25, 0.3) is 0 Å². The summed E-state index contributed by atoms with van der Waals surface area (Å²) in [7, 11) is 0. The molecule has 104 valence electrons. The SMILES string of the molecule is c1cnn(C2CN(Cc3cnc(C4CCC4)nc3)C2)c1. The van der Waals surface area contributed by atoms with Crippen LogP contribution in [0.3, 0.4) is 0 Å². The van der Waals surface area contributed by atoms with Crippen LogP contribution in [0.2, 0.25) is 0 Å². The zero-order chi connectivity index (χ0) is 13.4. The summed E-state index contributed by atoms with van der Waals surface area (Å²) in [6.45, 7) is 3.07. The lowest BCUT2D eigenvalue weighted by Gasteiger charge is -2.39. The van der Waals surface area contributed by atoms with Crippen molar-refractivity contribution in [1.82, 2.24) is 24.6 Å². The minimum atomic E-state index is 0.528.